The molecule has 2 N–H and O–H groups in total. The van der Waals surface area contributed by atoms with Crippen molar-refractivity contribution in [3.8, 4) is 0 Å². The van der Waals surface area contributed by atoms with Crippen LogP contribution in [0.1, 0.15) is 12.0 Å². The van der Waals surface area contributed by atoms with E-state index in [4.69, 9.17) is 12.2 Å². The van der Waals surface area contributed by atoms with E-state index in [-0.39, 0.29) is 5.75 Å². The van der Waals surface area contributed by atoms with Crippen LogP contribution in [0.4, 0.5) is 5.69 Å². The highest BCUT2D eigenvalue weighted by molar-refractivity contribution is 7.90. The molecule has 0 amide bonds. The molecule has 0 bridgehead atoms. The van der Waals surface area contributed by atoms with Crippen molar-refractivity contribution < 1.29 is 8.42 Å². The van der Waals surface area contributed by atoms with E-state index in [1.165, 1.54) is 11.8 Å². The second-order valence-corrected chi connectivity index (χ2v) is 6.90. The van der Waals surface area contributed by atoms with Gasteiger partial charge in [0.2, 0.25) is 0 Å². The Morgan fingerprint density at radius 3 is 2.44 bits per heavy atom. The Labute approximate surface area is 114 Å². The maximum Gasteiger partial charge on any atom is 0.170 e. The molecule has 0 aromatic heterocycles. The quantitative estimate of drug-likeness (QED) is 0.637. The van der Waals surface area contributed by atoms with Crippen LogP contribution in [0.2, 0.25) is 0 Å². The number of hydrogen-bond acceptors (Lipinski definition) is 3. The van der Waals surface area contributed by atoms with Crippen molar-refractivity contribution in [1.82, 2.24) is 5.32 Å². The summed E-state index contributed by atoms with van der Waals surface area (Å²) in [4.78, 5) is 0. The lowest BCUT2D eigenvalue weighted by Gasteiger charge is -2.10. The number of anilines is 1. The summed E-state index contributed by atoms with van der Waals surface area (Å²) in [6, 6.07) is 7.88. The first kappa shape index (κ1) is 14.9. The third-order valence-electron chi connectivity index (χ3n) is 2.29. The smallest absolute Gasteiger partial charge is 0.170 e. The van der Waals surface area contributed by atoms with Gasteiger partial charge in [-0.3, -0.25) is 0 Å². The molecular formula is C12H18N2O2S2. The molecule has 1 rings (SSSR count). The van der Waals surface area contributed by atoms with Crippen LogP contribution in [0.25, 0.3) is 0 Å². The van der Waals surface area contributed by atoms with E-state index in [9.17, 15) is 8.42 Å². The van der Waals surface area contributed by atoms with Gasteiger partial charge in [-0.2, -0.15) is 0 Å². The Balaban J connectivity index is 2.28. The fraction of sp³-hybridized carbons (Fsp3) is 0.417. The Hall–Kier alpha value is -1.14. The van der Waals surface area contributed by atoms with Gasteiger partial charge in [-0.1, -0.05) is 17.7 Å². The fourth-order valence-corrected chi connectivity index (χ4v) is 2.24. The molecule has 0 saturated carbocycles. The Kier molecular flexibility index (Phi) is 5.55. The summed E-state index contributed by atoms with van der Waals surface area (Å²) in [7, 11) is -2.89. The molecule has 0 aliphatic rings. The summed E-state index contributed by atoms with van der Waals surface area (Å²) in [6.45, 7) is 2.57. The highest BCUT2D eigenvalue weighted by atomic mass is 32.2. The fourth-order valence-electron chi connectivity index (χ4n) is 1.35. The normalized spacial score (nSPS) is 11.0. The predicted octanol–water partition coefficient (Wildman–Crippen LogP) is 1.72. The molecule has 0 spiro atoms. The monoisotopic (exact) mass is 286 g/mol. The maximum atomic E-state index is 10.9. The molecule has 0 aliphatic carbocycles. The van der Waals surface area contributed by atoms with Crippen molar-refractivity contribution in [2.45, 2.75) is 13.3 Å². The molecule has 0 unspecified atom stereocenters. The number of hydrogen-bond donors (Lipinski definition) is 2. The van der Waals surface area contributed by atoms with Crippen LogP contribution in [-0.4, -0.2) is 32.1 Å². The molecule has 1 aromatic rings. The highest BCUT2D eigenvalue weighted by Crippen LogP contribution is 2.08. The molecule has 18 heavy (non-hydrogen) atoms. The second kappa shape index (κ2) is 6.70. The summed E-state index contributed by atoms with van der Waals surface area (Å²) >= 11 is 5.10. The van der Waals surface area contributed by atoms with E-state index in [0.29, 0.717) is 18.1 Å². The van der Waals surface area contributed by atoms with E-state index in [2.05, 4.69) is 10.6 Å². The van der Waals surface area contributed by atoms with E-state index in [1.54, 1.807) is 0 Å². The van der Waals surface area contributed by atoms with Crippen LogP contribution in [0, 0.1) is 6.92 Å². The van der Waals surface area contributed by atoms with Gasteiger partial charge in [-0.15, -0.1) is 0 Å². The summed E-state index contributed by atoms with van der Waals surface area (Å²) in [5.41, 5.74) is 2.11. The van der Waals surface area contributed by atoms with Crippen LogP contribution >= 0.6 is 12.2 Å². The Morgan fingerprint density at radius 1 is 1.28 bits per heavy atom. The topological polar surface area (TPSA) is 58.2 Å². The summed E-state index contributed by atoms with van der Waals surface area (Å²) in [5.74, 6) is 0.174. The molecule has 100 valence electrons. The van der Waals surface area contributed by atoms with Crippen LogP contribution in [0.5, 0.6) is 0 Å². The van der Waals surface area contributed by atoms with Crippen molar-refractivity contribution >= 4 is 32.9 Å². The molecule has 1 aromatic carbocycles. The zero-order valence-electron chi connectivity index (χ0n) is 10.6. The molecule has 0 saturated heterocycles. The second-order valence-electron chi connectivity index (χ2n) is 4.23. The zero-order chi connectivity index (χ0) is 13.6. The molecule has 4 nitrogen and oxygen atoms in total. The van der Waals surface area contributed by atoms with Gasteiger partial charge in [0, 0.05) is 18.5 Å². The lowest BCUT2D eigenvalue weighted by molar-refractivity contribution is 0.598. The Bertz CT molecular complexity index is 495. The standard InChI is InChI=1S/C12H18N2O2S2/c1-10-4-6-11(7-5-10)14-12(17)13-8-3-9-18(2,15)16/h4-7H,3,8-9H2,1-2H3,(H2,13,14,17). The van der Waals surface area contributed by atoms with Gasteiger partial charge in [0.25, 0.3) is 0 Å². The van der Waals surface area contributed by atoms with Crippen LogP contribution in [0.3, 0.4) is 0 Å². The number of thiocarbonyl (C=S) groups is 1. The van der Waals surface area contributed by atoms with Crippen molar-refractivity contribution in [3.63, 3.8) is 0 Å². The van der Waals surface area contributed by atoms with E-state index < -0.39 is 9.84 Å². The number of sulfone groups is 1. The average molecular weight is 286 g/mol. The third-order valence-corrected chi connectivity index (χ3v) is 3.56. The number of nitrogens with one attached hydrogen (secondary N) is 2. The van der Waals surface area contributed by atoms with Gasteiger partial charge in [-0.25, -0.2) is 8.42 Å². The number of benzene rings is 1. The van der Waals surface area contributed by atoms with Crippen LogP contribution < -0.4 is 10.6 Å². The van der Waals surface area contributed by atoms with Gasteiger partial charge in [0.15, 0.2) is 5.11 Å². The third kappa shape index (κ3) is 6.56. The number of rotatable bonds is 5. The first-order valence-electron chi connectivity index (χ1n) is 5.66. The minimum atomic E-state index is -2.89. The van der Waals surface area contributed by atoms with Gasteiger partial charge in [0.1, 0.15) is 9.84 Å². The zero-order valence-corrected chi connectivity index (χ0v) is 12.2. The SMILES string of the molecule is Cc1ccc(NC(=S)NCCCS(C)(=O)=O)cc1. The van der Waals surface area contributed by atoms with E-state index in [0.717, 1.165) is 5.69 Å². The minimum absolute atomic E-state index is 0.174. The van der Waals surface area contributed by atoms with E-state index >= 15 is 0 Å². The summed E-state index contributed by atoms with van der Waals surface area (Å²) < 4.78 is 21.8. The Morgan fingerprint density at radius 2 is 1.89 bits per heavy atom. The number of aryl methyl sites for hydroxylation is 1. The molecule has 0 radical (unpaired) electrons. The van der Waals surface area contributed by atoms with Gasteiger partial charge < -0.3 is 10.6 Å². The molecular weight excluding hydrogens is 268 g/mol. The van der Waals surface area contributed by atoms with Crippen LogP contribution in [-0.2, 0) is 9.84 Å². The first-order valence-corrected chi connectivity index (χ1v) is 8.13. The highest BCUT2D eigenvalue weighted by Gasteiger charge is 2.02. The largest absolute Gasteiger partial charge is 0.362 e. The molecule has 6 heteroatoms. The average Bonchev–Trinajstić information content (AvgIpc) is 2.26. The lowest BCUT2D eigenvalue weighted by atomic mass is 10.2. The lowest BCUT2D eigenvalue weighted by Crippen LogP contribution is -2.30. The van der Waals surface area contributed by atoms with E-state index in [1.807, 2.05) is 31.2 Å². The summed E-state index contributed by atoms with van der Waals surface area (Å²) in [5, 5.41) is 6.52. The molecule has 0 heterocycles. The van der Waals surface area contributed by atoms with Crippen molar-refractivity contribution in [1.29, 1.82) is 0 Å². The van der Waals surface area contributed by atoms with Crippen molar-refractivity contribution in [2.24, 2.45) is 0 Å². The molecule has 0 fully saturated rings. The molecule has 0 atom stereocenters. The van der Waals surface area contributed by atoms with Gasteiger partial charge in [-0.05, 0) is 37.7 Å². The summed E-state index contributed by atoms with van der Waals surface area (Å²) in [6.07, 6.45) is 1.78. The maximum absolute atomic E-state index is 10.9. The van der Waals surface area contributed by atoms with Gasteiger partial charge >= 0.3 is 0 Å². The van der Waals surface area contributed by atoms with Crippen molar-refractivity contribution in [2.75, 3.05) is 23.9 Å². The van der Waals surface area contributed by atoms with Gasteiger partial charge in [0.05, 0.1) is 5.75 Å². The van der Waals surface area contributed by atoms with Crippen molar-refractivity contribution in [3.05, 3.63) is 29.8 Å². The first-order chi connectivity index (χ1) is 8.37. The molecule has 0 aliphatic heterocycles. The minimum Gasteiger partial charge on any atom is -0.362 e. The van der Waals surface area contributed by atoms with Crippen LogP contribution in [0.15, 0.2) is 24.3 Å². The predicted molar refractivity (Wildman–Crippen MR) is 79.7 cm³/mol.